The van der Waals surface area contributed by atoms with E-state index in [-0.39, 0.29) is 11.1 Å². The fourth-order valence-electron chi connectivity index (χ4n) is 4.25. The Hall–Kier alpha value is -1.74. The van der Waals surface area contributed by atoms with E-state index in [1.165, 1.54) is 33.7 Å². The quantitative estimate of drug-likeness (QED) is 0.541. The highest BCUT2D eigenvalue weighted by Gasteiger charge is 2.60. The maximum absolute atomic E-state index is 2.73. The van der Waals surface area contributed by atoms with Crippen LogP contribution in [0.3, 0.4) is 0 Å². The molecule has 0 bridgehead atoms. The molecule has 3 heteroatoms. The van der Waals surface area contributed by atoms with Crippen molar-refractivity contribution in [3.8, 4) is 0 Å². The summed E-state index contributed by atoms with van der Waals surface area (Å²) in [6.45, 7) is 23.3. The molecular formula is C24H35N2Si. The van der Waals surface area contributed by atoms with Crippen LogP contribution in [0.5, 0.6) is 0 Å². The topological polar surface area (TPSA) is 6.25 Å². The van der Waals surface area contributed by atoms with Crippen LogP contribution in [-0.2, 0) is 0 Å². The average Bonchev–Trinajstić information content (AvgIpc) is 2.70. The number of nitrogens with zero attached hydrogens (tertiary/aromatic N) is 2. The molecule has 0 saturated carbocycles. The van der Waals surface area contributed by atoms with E-state index in [0.717, 1.165) is 0 Å². The van der Waals surface area contributed by atoms with E-state index < -0.39 is 9.12 Å². The molecule has 0 saturated heterocycles. The van der Waals surface area contributed by atoms with Gasteiger partial charge in [-0.2, -0.15) is 22.3 Å². The van der Waals surface area contributed by atoms with Crippen LogP contribution in [0.15, 0.2) is 30.3 Å². The Morgan fingerprint density at radius 2 is 1.44 bits per heavy atom. The molecule has 27 heavy (non-hydrogen) atoms. The van der Waals surface area contributed by atoms with Gasteiger partial charge in [0.25, 0.3) is 5.84 Å². The monoisotopic (exact) mass is 379 g/mol. The second-order valence-corrected chi connectivity index (χ2v) is 11.9. The third kappa shape index (κ3) is 3.10. The van der Waals surface area contributed by atoms with Crippen molar-refractivity contribution in [2.24, 2.45) is 0 Å². The summed E-state index contributed by atoms with van der Waals surface area (Å²) in [5.41, 5.74) is 7.42. The van der Waals surface area contributed by atoms with Crippen LogP contribution in [0, 0.1) is 27.7 Å². The number of rotatable bonds is 2. The van der Waals surface area contributed by atoms with E-state index in [4.69, 9.17) is 0 Å². The minimum absolute atomic E-state index is 0.0825. The maximum atomic E-state index is 2.73. The molecule has 3 rings (SSSR count). The highest BCUT2D eigenvalue weighted by molar-refractivity contribution is 6.71. The predicted octanol–water partition coefficient (Wildman–Crippen LogP) is 4.71. The van der Waals surface area contributed by atoms with Gasteiger partial charge >= 0.3 is 9.12 Å². The third-order valence-corrected chi connectivity index (χ3v) is 9.69. The standard InChI is InChI=1S/C24H35N2Si/c1-16-17(2)19(4)21(18(16)3)27-25(23(5,6)7)22(26(27)24(8,9)10)20-14-12-11-13-15-20/h11-15H,1-10H3. The Morgan fingerprint density at radius 1 is 0.889 bits per heavy atom. The Balaban J connectivity index is 2.33. The molecular weight excluding hydrogens is 344 g/mol. The molecule has 0 aromatic heterocycles. The first-order valence-electron chi connectivity index (χ1n) is 10.0. The molecule has 0 spiro atoms. The van der Waals surface area contributed by atoms with Crippen molar-refractivity contribution < 1.29 is 4.24 Å². The lowest BCUT2D eigenvalue weighted by Crippen LogP contribution is -2.78. The Morgan fingerprint density at radius 3 is 1.85 bits per heavy atom. The lowest BCUT2D eigenvalue weighted by molar-refractivity contribution is -0.505. The molecule has 2 nitrogen and oxygen atoms in total. The minimum atomic E-state index is -1.04. The van der Waals surface area contributed by atoms with Crippen molar-refractivity contribution in [2.75, 3.05) is 0 Å². The van der Waals surface area contributed by atoms with Gasteiger partial charge in [0.15, 0.2) is 0 Å². The molecule has 0 atom stereocenters. The first-order valence-corrected chi connectivity index (χ1v) is 11.4. The zero-order valence-corrected chi connectivity index (χ0v) is 19.8. The van der Waals surface area contributed by atoms with E-state index in [9.17, 15) is 0 Å². The van der Waals surface area contributed by atoms with Gasteiger partial charge in [-0.05, 0) is 53.7 Å². The molecule has 1 aliphatic rings. The van der Waals surface area contributed by atoms with Gasteiger partial charge in [0.2, 0.25) is 0 Å². The highest BCUT2D eigenvalue weighted by atomic mass is 28.3. The molecule has 0 fully saturated rings. The molecule has 0 aliphatic carbocycles. The van der Waals surface area contributed by atoms with Crippen LogP contribution in [0.4, 0.5) is 0 Å². The molecule has 1 heterocycles. The van der Waals surface area contributed by atoms with Crippen molar-refractivity contribution in [1.29, 1.82) is 0 Å². The average molecular weight is 380 g/mol. The van der Waals surface area contributed by atoms with Crippen molar-refractivity contribution in [3.05, 3.63) is 58.1 Å². The third-order valence-electron chi connectivity index (χ3n) is 5.88. The van der Waals surface area contributed by atoms with Gasteiger partial charge in [-0.1, -0.05) is 51.1 Å². The smallest absolute Gasteiger partial charge is 0.265 e. The fourth-order valence-corrected chi connectivity index (χ4v) is 7.93. The summed E-state index contributed by atoms with van der Waals surface area (Å²) in [6.07, 6.45) is 0. The summed E-state index contributed by atoms with van der Waals surface area (Å²) in [5.74, 6) is 1.39. The van der Waals surface area contributed by atoms with E-state index in [1.807, 2.05) is 0 Å². The van der Waals surface area contributed by atoms with Crippen molar-refractivity contribution in [1.82, 2.24) is 4.57 Å². The van der Waals surface area contributed by atoms with E-state index in [2.05, 4.69) is 108 Å². The van der Waals surface area contributed by atoms with Crippen LogP contribution >= 0.6 is 0 Å². The number of benzene rings is 1. The molecule has 0 unspecified atom stereocenters. The van der Waals surface area contributed by atoms with E-state index >= 15 is 0 Å². The summed E-state index contributed by atoms with van der Waals surface area (Å²) in [5, 5.41) is 1.60. The molecule has 0 N–H and O–H groups in total. The molecule has 0 amide bonds. The summed E-state index contributed by atoms with van der Waals surface area (Å²) in [4.78, 5) is 0. The van der Waals surface area contributed by atoms with Gasteiger partial charge in [0.05, 0.1) is 16.6 Å². The Labute approximate surface area is 167 Å². The van der Waals surface area contributed by atoms with Gasteiger partial charge < -0.3 is 0 Å². The maximum Gasteiger partial charge on any atom is 0.569 e. The van der Waals surface area contributed by atoms with Gasteiger partial charge in [0, 0.05) is 0 Å². The van der Waals surface area contributed by atoms with Gasteiger partial charge in [-0.3, -0.25) is 8.81 Å². The first kappa shape index (κ1) is 20.0. The van der Waals surface area contributed by atoms with Crippen LogP contribution in [0.2, 0.25) is 0 Å². The molecule has 2 aromatic rings. The molecule has 1 aliphatic heterocycles. The lowest BCUT2D eigenvalue weighted by atomic mass is 10.1. The predicted molar refractivity (Wildman–Crippen MR) is 119 cm³/mol. The zero-order valence-electron chi connectivity index (χ0n) is 18.8. The SMILES string of the molecule is Cc1c(C)c([Si]2N(C(C)(C)C)C(c3ccccc3)=[N+]2C(C)(C)C)[c-](C)c1C. The Bertz CT molecular complexity index is 864. The van der Waals surface area contributed by atoms with Crippen LogP contribution < -0.4 is 5.19 Å². The normalized spacial score (nSPS) is 16.1. The lowest BCUT2D eigenvalue weighted by Gasteiger charge is -2.49. The summed E-state index contributed by atoms with van der Waals surface area (Å²) in [6, 6.07) is 10.9. The van der Waals surface area contributed by atoms with Gasteiger partial charge in [-0.25, -0.2) is 0 Å². The summed E-state index contributed by atoms with van der Waals surface area (Å²) >= 11 is 0. The number of hydrogen-bond acceptors (Lipinski definition) is 1. The summed E-state index contributed by atoms with van der Waals surface area (Å²) in [7, 11) is -1.04. The minimum Gasteiger partial charge on any atom is -0.265 e. The first-order chi connectivity index (χ1) is 12.4. The van der Waals surface area contributed by atoms with Gasteiger partial charge in [-0.15, -0.1) is 0 Å². The second-order valence-electron chi connectivity index (χ2n) is 9.90. The number of amidine groups is 1. The molecule has 1 radical (unpaired) electrons. The molecule has 145 valence electrons. The molecule has 2 aromatic carbocycles. The van der Waals surface area contributed by atoms with Crippen molar-refractivity contribution >= 4 is 20.1 Å². The largest absolute Gasteiger partial charge is 0.569 e. The van der Waals surface area contributed by atoms with Crippen molar-refractivity contribution in [2.45, 2.75) is 80.3 Å². The van der Waals surface area contributed by atoms with Crippen molar-refractivity contribution in [3.63, 3.8) is 0 Å². The van der Waals surface area contributed by atoms with Gasteiger partial charge in [0.1, 0.15) is 0 Å². The van der Waals surface area contributed by atoms with E-state index in [0.29, 0.717) is 0 Å². The summed E-state index contributed by atoms with van der Waals surface area (Å²) < 4.78 is 5.46. The number of hydrogen-bond donors (Lipinski definition) is 0. The van der Waals surface area contributed by atoms with E-state index in [1.54, 1.807) is 5.19 Å². The highest BCUT2D eigenvalue weighted by Crippen LogP contribution is 2.33. The van der Waals surface area contributed by atoms with Crippen LogP contribution in [0.1, 0.15) is 69.4 Å². The Kier molecular flexibility index (Phi) is 4.75. The second kappa shape index (κ2) is 6.41. The van der Waals surface area contributed by atoms with Crippen LogP contribution in [-0.4, -0.2) is 34.8 Å². The zero-order chi connectivity index (χ0) is 20.3. The van der Waals surface area contributed by atoms with Crippen LogP contribution in [0.25, 0.3) is 0 Å². The fraction of sp³-hybridized carbons (Fsp3) is 0.500.